The number of hydrogen-bond acceptors (Lipinski definition) is 3. The highest BCUT2D eigenvalue weighted by atomic mass is 79.9. The van der Waals surface area contributed by atoms with Gasteiger partial charge in [0.1, 0.15) is 10.9 Å². The molecule has 1 unspecified atom stereocenters. The van der Waals surface area contributed by atoms with Crippen LogP contribution >= 0.6 is 39.1 Å². The number of carboxylic acid groups (broad SMARTS) is 1. The van der Waals surface area contributed by atoms with Crippen molar-refractivity contribution in [3.05, 3.63) is 69.7 Å². The number of carboxylic acids is 1. The van der Waals surface area contributed by atoms with Crippen LogP contribution in [0.3, 0.4) is 0 Å². The van der Waals surface area contributed by atoms with E-state index >= 15 is 0 Å². The molecule has 2 aromatic carbocycles. The normalized spacial score (nSPS) is 15.7. The summed E-state index contributed by atoms with van der Waals surface area (Å²) in [6, 6.07) is 12.6. The summed E-state index contributed by atoms with van der Waals surface area (Å²) in [4.78, 5) is 23.8. The van der Waals surface area contributed by atoms with Gasteiger partial charge in [0.2, 0.25) is 5.91 Å². The van der Waals surface area contributed by atoms with E-state index in [1.807, 2.05) is 0 Å². The van der Waals surface area contributed by atoms with Crippen LogP contribution in [0.2, 0.25) is 10.0 Å². The largest absolute Gasteiger partial charge is 0.481 e. The van der Waals surface area contributed by atoms with Crippen molar-refractivity contribution >= 4 is 51.0 Å². The summed E-state index contributed by atoms with van der Waals surface area (Å²) >= 11 is 15.3. The summed E-state index contributed by atoms with van der Waals surface area (Å²) in [6.07, 6.45) is -1.12. The molecule has 4 atom stereocenters. The van der Waals surface area contributed by atoms with Crippen molar-refractivity contribution in [1.82, 2.24) is 5.32 Å². The van der Waals surface area contributed by atoms with Crippen LogP contribution in [0.4, 0.5) is 0 Å². The lowest BCUT2D eigenvalue weighted by atomic mass is 9.78. The number of benzene rings is 2. The lowest BCUT2D eigenvalue weighted by Gasteiger charge is -2.32. The number of carbonyl (C=O) groups is 2. The van der Waals surface area contributed by atoms with Gasteiger partial charge in [0.05, 0.1) is 12.0 Å². The van der Waals surface area contributed by atoms with E-state index < -0.39 is 40.2 Å². The Bertz CT molecular complexity index is 899. The number of nitrogens with one attached hydrogen (secondary N) is 1. The average Bonchev–Trinajstić information content (AvgIpc) is 2.64. The van der Waals surface area contributed by atoms with Crippen LogP contribution in [0.25, 0.3) is 0 Å². The minimum Gasteiger partial charge on any atom is -0.481 e. The Kier molecular flexibility index (Phi) is 8.34. The summed E-state index contributed by atoms with van der Waals surface area (Å²) < 4.78 is 0. The zero-order chi connectivity index (χ0) is 22.6. The maximum absolute atomic E-state index is 13.0. The summed E-state index contributed by atoms with van der Waals surface area (Å²) in [6.45, 7) is 5.26. The third-order valence-electron chi connectivity index (χ3n) is 4.78. The SMILES string of the molecule is CC(C)(C)[C@H](C(=O)O)C(Br)C(=O)N[C@H](c1ccc(Cl)cc1)[C@H](O)c1cccc(Cl)c1. The smallest absolute Gasteiger partial charge is 0.308 e. The summed E-state index contributed by atoms with van der Waals surface area (Å²) in [5.74, 6) is -2.61. The van der Waals surface area contributed by atoms with E-state index in [1.165, 1.54) is 0 Å². The fourth-order valence-corrected chi connectivity index (χ4v) is 4.69. The van der Waals surface area contributed by atoms with Crippen molar-refractivity contribution in [2.75, 3.05) is 0 Å². The number of carbonyl (C=O) groups excluding carboxylic acids is 1. The molecule has 3 N–H and O–H groups in total. The Balaban J connectivity index is 2.38. The second kappa shape index (κ2) is 10.1. The molecule has 0 saturated heterocycles. The predicted molar refractivity (Wildman–Crippen MR) is 122 cm³/mol. The molecular weight excluding hydrogens is 493 g/mol. The van der Waals surface area contributed by atoms with E-state index in [9.17, 15) is 19.8 Å². The van der Waals surface area contributed by atoms with Crippen molar-refractivity contribution in [3.63, 3.8) is 0 Å². The number of rotatable bonds is 7. The van der Waals surface area contributed by atoms with Gasteiger partial charge in [-0.2, -0.15) is 0 Å². The molecule has 0 aromatic heterocycles. The Hall–Kier alpha value is -1.60. The zero-order valence-electron chi connectivity index (χ0n) is 16.8. The highest BCUT2D eigenvalue weighted by Gasteiger charge is 2.41. The summed E-state index contributed by atoms with van der Waals surface area (Å²) in [5, 5.41) is 24.4. The first-order valence-corrected chi connectivity index (χ1v) is 10.9. The molecule has 30 heavy (non-hydrogen) atoms. The molecule has 0 saturated carbocycles. The number of hydrogen-bond donors (Lipinski definition) is 3. The van der Waals surface area contributed by atoms with Crippen LogP contribution in [0.15, 0.2) is 48.5 Å². The Morgan fingerprint density at radius 2 is 1.60 bits per heavy atom. The summed E-state index contributed by atoms with van der Waals surface area (Å²) in [7, 11) is 0. The molecule has 0 fully saturated rings. The molecule has 0 radical (unpaired) electrons. The van der Waals surface area contributed by atoms with Crippen molar-refractivity contribution in [1.29, 1.82) is 0 Å². The molecule has 0 aliphatic carbocycles. The van der Waals surface area contributed by atoms with Crippen LogP contribution in [-0.4, -0.2) is 26.9 Å². The fourth-order valence-electron chi connectivity index (χ4n) is 3.22. The van der Waals surface area contributed by atoms with E-state index in [2.05, 4.69) is 21.2 Å². The maximum Gasteiger partial charge on any atom is 0.308 e. The van der Waals surface area contributed by atoms with Gasteiger partial charge < -0.3 is 15.5 Å². The Labute approximate surface area is 194 Å². The fraction of sp³-hybridized carbons (Fsp3) is 0.364. The van der Waals surface area contributed by atoms with Crippen LogP contribution in [0, 0.1) is 11.3 Å². The molecule has 8 heteroatoms. The minimum atomic E-state index is -1.12. The third kappa shape index (κ3) is 6.20. The van der Waals surface area contributed by atoms with Gasteiger partial charge >= 0.3 is 5.97 Å². The minimum absolute atomic E-state index is 0.449. The summed E-state index contributed by atoms with van der Waals surface area (Å²) in [5.41, 5.74) is 0.459. The van der Waals surface area contributed by atoms with Gasteiger partial charge in [-0.3, -0.25) is 9.59 Å². The first-order valence-electron chi connectivity index (χ1n) is 9.28. The average molecular weight is 517 g/mol. The third-order valence-corrected chi connectivity index (χ3v) is 6.21. The molecule has 0 bridgehead atoms. The zero-order valence-corrected chi connectivity index (χ0v) is 19.9. The van der Waals surface area contributed by atoms with E-state index in [0.717, 1.165) is 0 Å². The monoisotopic (exact) mass is 515 g/mol. The van der Waals surface area contributed by atoms with Gasteiger partial charge in [-0.25, -0.2) is 0 Å². The molecule has 0 aliphatic rings. The van der Waals surface area contributed by atoms with E-state index in [0.29, 0.717) is 21.2 Å². The van der Waals surface area contributed by atoms with Gasteiger partial charge in [-0.05, 0) is 40.8 Å². The highest BCUT2D eigenvalue weighted by molar-refractivity contribution is 9.10. The van der Waals surface area contributed by atoms with Gasteiger partial charge in [0.15, 0.2) is 0 Å². The lowest BCUT2D eigenvalue weighted by Crippen LogP contribution is -2.46. The predicted octanol–water partition coefficient (Wildman–Crippen LogP) is 5.39. The Morgan fingerprint density at radius 3 is 2.10 bits per heavy atom. The number of alkyl halides is 1. The molecule has 5 nitrogen and oxygen atoms in total. The standard InChI is InChI=1S/C22H24BrCl2NO4/c1-22(2,3)16(21(29)30)17(23)20(28)26-18(12-7-9-14(24)10-8-12)19(27)13-5-4-6-15(25)11-13/h4-11,16-19,27H,1-3H3,(H,26,28)(H,29,30)/t16-,17?,18+,19+/m0/s1. The number of aliphatic carboxylic acids is 1. The van der Waals surface area contributed by atoms with Crippen molar-refractivity contribution in [2.24, 2.45) is 11.3 Å². The second-order valence-corrected chi connectivity index (χ2v) is 9.98. The molecule has 1 amide bonds. The van der Waals surface area contributed by atoms with Crippen molar-refractivity contribution in [2.45, 2.75) is 37.7 Å². The molecule has 0 spiro atoms. The van der Waals surface area contributed by atoms with Crippen molar-refractivity contribution in [3.8, 4) is 0 Å². The van der Waals surface area contributed by atoms with E-state index in [1.54, 1.807) is 69.3 Å². The maximum atomic E-state index is 13.0. The van der Waals surface area contributed by atoms with Crippen LogP contribution in [-0.2, 0) is 9.59 Å². The number of aliphatic hydroxyl groups excluding tert-OH is 1. The van der Waals surface area contributed by atoms with Crippen LogP contribution in [0.5, 0.6) is 0 Å². The molecular formula is C22H24BrCl2NO4. The van der Waals surface area contributed by atoms with Crippen molar-refractivity contribution < 1.29 is 19.8 Å². The topological polar surface area (TPSA) is 86.6 Å². The lowest BCUT2D eigenvalue weighted by molar-refractivity contribution is -0.147. The first kappa shape index (κ1) is 24.7. The van der Waals surface area contributed by atoms with Gasteiger partial charge in [0.25, 0.3) is 0 Å². The van der Waals surface area contributed by atoms with E-state index in [-0.39, 0.29) is 0 Å². The molecule has 0 heterocycles. The first-order chi connectivity index (χ1) is 13.9. The Morgan fingerprint density at radius 1 is 1.00 bits per heavy atom. The molecule has 162 valence electrons. The van der Waals surface area contributed by atoms with Gasteiger partial charge in [-0.15, -0.1) is 0 Å². The molecule has 2 aromatic rings. The van der Waals surface area contributed by atoms with Crippen LogP contribution in [0.1, 0.15) is 44.0 Å². The number of amides is 1. The number of aliphatic hydroxyl groups is 1. The van der Waals surface area contributed by atoms with E-state index in [4.69, 9.17) is 23.2 Å². The number of halogens is 3. The quantitative estimate of drug-likeness (QED) is 0.430. The van der Waals surface area contributed by atoms with Gasteiger partial charge in [0, 0.05) is 10.0 Å². The molecule has 2 rings (SSSR count). The van der Waals surface area contributed by atoms with Crippen LogP contribution < -0.4 is 5.32 Å². The van der Waals surface area contributed by atoms with Gasteiger partial charge in [-0.1, -0.05) is 84.2 Å². The second-order valence-electron chi connectivity index (χ2n) is 8.12. The molecule has 0 aliphatic heterocycles. The highest BCUT2D eigenvalue weighted by Crippen LogP contribution is 2.35.